The number of methoxy groups -OCH3 is 1. The lowest BCUT2D eigenvalue weighted by Crippen LogP contribution is -2.30. The van der Waals surface area contributed by atoms with Crippen molar-refractivity contribution in [3.8, 4) is 11.5 Å². The number of rotatable bonds is 8. The second-order valence-electron chi connectivity index (χ2n) is 6.28. The highest BCUT2D eigenvalue weighted by Crippen LogP contribution is 2.28. The van der Waals surface area contributed by atoms with Crippen molar-refractivity contribution >= 4 is 17.6 Å². The molecule has 0 fully saturated rings. The Morgan fingerprint density at radius 2 is 1.63 bits per heavy atom. The molecule has 0 unspecified atom stereocenters. The number of unbranched alkanes of at least 4 members (excludes halogenated alkanes) is 1. The molecule has 0 bridgehead atoms. The van der Waals surface area contributed by atoms with Crippen LogP contribution in [0.4, 0.5) is 0 Å². The molecule has 140 valence electrons. The second-order valence-corrected chi connectivity index (χ2v) is 6.28. The van der Waals surface area contributed by atoms with Crippen molar-refractivity contribution in [2.24, 2.45) is 0 Å². The van der Waals surface area contributed by atoms with E-state index in [4.69, 9.17) is 9.47 Å². The third-order valence-electron chi connectivity index (χ3n) is 4.48. The van der Waals surface area contributed by atoms with Gasteiger partial charge in [0.05, 0.1) is 24.8 Å². The summed E-state index contributed by atoms with van der Waals surface area (Å²) < 4.78 is 11.0. The smallest absolute Gasteiger partial charge is 0.261 e. The van der Waals surface area contributed by atoms with E-state index in [1.807, 2.05) is 0 Å². The Hall–Kier alpha value is -3.15. The van der Waals surface area contributed by atoms with Gasteiger partial charge in [-0.15, -0.1) is 0 Å². The van der Waals surface area contributed by atoms with Crippen LogP contribution in [0.1, 0.15) is 50.8 Å². The number of nitrogens with zero attached hydrogens (tertiary/aromatic N) is 1. The number of fused-ring (bicyclic) bond motifs is 1. The van der Waals surface area contributed by atoms with Gasteiger partial charge >= 0.3 is 0 Å². The van der Waals surface area contributed by atoms with Gasteiger partial charge in [0, 0.05) is 12.1 Å². The van der Waals surface area contributed by atoms with Crippen LogP contribution in [0.2, 0.25) is 0 Å². The molecule has 0 radical (unpaired) electrons. The lowest BCUT2D eigenvalue weighted by molar-refractivity contribution is 0.0649. The molecule has 1 aliphatic rings. The van der Waals surface area contributed by atoms with Crippen molar-refractivity contribution in [2.45, 2.75) is 19.8 Å². The molecule has 6 heteroatoms. The summed E-state index contributed by atoms with van der Waals surface area (Å²) in [5, 5.41) is 0. The van der Waals surface area contributed by atoms with E-state index in [1.54, 1.807) is 42.5 Å². The first-order valence-corrected chi connectivity index (χ1v) is 8.80. The van der Waals surface area contributed by atoms with Crippen molar-refractivity contribution in [1.82, 2.24) is 4.90 Å². The largest absolute Gasteiger partial charge is 0.493 e. The molecule has 0 N–H and O–H groups in total. The predicted molar refractivity (Wildman–Crippen MR) is 99.5 cm³/mol. The van der Waals surface area contributed by atoms with Crippen LogP contribution in [-0.2, 0) is 0 Å². The standard InChI is InChI=1S/C21H21NO5/c1-14(23)15-9-10-18(19(13-15)26-2)27-12-6-5-11-22-20(24)16-7-3-4-8-17(16)21(22)25/h3-4,7-10,13H,5-6,11-12H2,1-2H3. The predicted octanol–water partition coefficient (Wildman–Crippen LogP) is 3.35. The van der Waals surface area contributed by atoms with E-state index < -0.39 is 0 Å². The van der Waals surface area contributed by atoms with Crippen LogP contribution in [0.3, 0.4) is 0 Å². The number of hydrogen-bond acceptors (Lipinski definition) is 5. The Kier molecular flexibility index (Phi) is 5.54. The lowest BCUT2D eigenvalue weighted by atomic mass is 10.1. The molecule has 2 aromatic rings. The Bertz CT molecular complexity index is 855. The van der Waals surface area contributed by atoms with Crippen molar-refractivity contribution in [3.05, 3.63) is 59.2 Å². The van der Waals surface area contributed by atoms with Crippen LogP contribution in [-0.4, -0.2) is 42.8 Å². The van der Waals surface area contributed by atoms with Gasteiger partial charge in [-0.25, -0.2) is 0 Å². The van der Waals surface area contributed by atoms with E-state index in [-0.39, 0.29) is 17.6 Å². The highest BCUT2D eigenvalue weighted by Gasteiger charge is 2.34. The molecule has 0 saturated carbocycles. The first-order chi connectivity index (χ1) is 13.0. The molecule has 2 aromatic carbocycles. The van der Waals surface area contributed by atoms with Gasteiger partial charge in [0.15, 0.2) is 17.3 Å². The fourth-order valence-corrected chi connectivity index (χ4v) is 3.00. The van der Waals surface area contributed by atoms with Crippen LogP contribution in [0.25, 0.3) is 0 Å². The normalized spacial score (nSPS) is 12.9. The minimum absolute atomic E-state index is 0.0409. The van der Waals surface area contributed by atoms with E-state index in [0.717, 1.165) is 0 Å². The summed E-state index contributed by atoms with van der Waals surface area (Å²) in [5.41, 5.74) is 1.49. The molecule has 1 aliphatic heterocycles. The molecule has 6 nitrogen and oxygen atoms in total. The maximum Gasteiger partial charge on any atom is 0.261 e. The van der Waals surface area contributed by atoms with Crippen LogP contribution in [0, 0.1) is 0 Å². The molecule has 27 heavy (non-hydrogen) atoms. The number of hydrogen-bond donors (Lipinski definition) is 0. The van der Waals surface area contributed by atoms with Gasteiger partial charge in [-0.3, -0.25) is 19.3 Å². The second kappa shape index (κ2) is 8.03. The SMILES string of the molecule is COc1cc(C(C)=O)ccc1OCCCCN1C(=O)c2ccccc2C1=O. The zero-order valence-corrected chi connectivity index (χ0v) is 15.4. The molecule has 1 heterocycles. The first-order valence-electron chi connectivity index (χ1n) is 8.80. The van der Waals surface area contributed by atoms with Gasteiger partial charge in [-0.1, -0.05) is 12.1 Å². The number of ether oxygens (including phenoxy) is 2. The van der Waals surface area contributed by atoms with E-state index in [9.17, 15) is 14.4 Å². The molecule has 0 saturated heterocycles. The Morgan fingerprint density at radius 1 is 0.963 bits per heavy atom. The number of imide groups is 1. The van der Waals surface area contributed by atoms with Crippen molar-refractivity contribution in [2.75, 3.05) is 20.3 Å². The molecule has 0 spiro atoms. The molecule has 2 amide bonds. The summed E-state index contributed by atoms with van der Waals surface area (Å²) in [4.78, 5) is 37.3. The van der Waals surface area contributed by atoms with Crippen LogP contribution in [0.5, 0.6) is 11.5 Å². The number of amides is 2. The quantitative estimate of drug-likeness (QED) is 0.406. The monoisotopic (exact) mass is 367 g/mol. The zero-order valence-electron chi connectivity index (χ0n) is 15.4. The lowest BCUT2D eigenvalue weighted by Gasteiger charge is -2.14. The van der Waals surface area contributed by atoms with Crippen molar-refractivity contribution in [1.29, 1.82) is 0 Å². The topological polar surface area (TPSA) is 72.9 Å². The van der Waals surface area contributed by atoms with Crippen LogP contribution < -0.4 is 9.47 Å². The summed E-state index contributed by atoms with van der Waals surface area (Å²) in [6, 6.07) is 11.9. The van der Waals surface area contributed by atoms with E-state index >= 15 is 0 Å². The highest BCUT2D eigenvalue weighted by atomic mass is 16.5. The number of carbonyl (C=O) groups excluding carboxylic acids is 3. The summed E-state index contributed by atoms with van der Waals surface area (Å²) in [5.74, 6) is 0.545. The summed E-state index contributed by atoms with van der Waals surface area (Å²) in [7, 11) is 1.52. The summed E-state index contributed by atoms with van der Waals surface area (Å²) >= 11 is 0. The van der Waals surface area contributed by atoms with Crippen LogP contribution >= 0.6 is 0 Å². The zero-order chi connectivity index (χ0) is 19.4. The van der Waals surface area contributed by atoms with Crippen molar-refractivity contribution < 1.29 is 23.9 Å². The first kappa shape index (κ1) is 18.6. The summed E-state index contributed by atoms with van der Waals surface area (Å²) in [6.45, 7) is 2.27. The third kappa shape index (κ3) is 3.84. The van der Waals surface area contributed by atoms with Gasteiger partial charge in [-0.05, 0) is 50.1 Å². The number of benzene rings is 2. The molecule has 0 atom stereocenters. The van der Waals surface area contributed by atoms with Gasteiger partial charge < -0.3 is 9.47 Å². The molecule has 3 rings (SSSR count). The maximum atomic E-state index is 12.3. The Labute approximate surface area is 157 Å². The third-order valence-corrected chi connectivity index (χ3v) is 4.48. The fourth-order valence-electron chi connectivity index (χ4n) is 3.00. The molecular weight excluding hydrogens is 346 g/mol. The van der Waals surface area contributed by atoms with Crippen LogP contribution in [0.15, 0.2) is 42.5 Å². The number of ketones is 1. The van der Waals surface area contributed by atoms with E-state index in [1.165, 1.54) is 18.9 Å². The summed E-state index contributed by atoms with van der Waals surface area (Å²) in [6.07, 6.45) is 1.31. The average Bonchev–Trinajstić information content (AvgIpc) is 2.92. The van der Waals surface area contributed by atoms with E-state index in [2.05, 4.69) is 0 Å². The Morgan fingerprint density at radius 3 is 2.22 bits per heavy atom. The molecule has 0 aromatic heterocycles. The number of Topliss-reactive ketones (excluding diaryl/α,β-unsaturated/α-hetero) is 1. The maximum absolute atomic E-state index is 12.3. The minimum Gasteiger partial charge on any atom is -0.493 e. The van der Waals surface area contributed by atoms with Gasteiger partial charge in [0.2, 0.25) is 0 Å². The van der Waals surface area contributed by atoms with E-state index in [0.29, 0.717) is 54.2 Å². The van der Waals surface area contributed by atoms with Gasteiger partial charge in [-0.2, -0.15) is 0 Å². The van der Waals surface area contributed by atoms with Gasteiger partial charge in [0.25, 0.3) is 11.8 Å². The Balaban J connectivity index is 1.50. The minimum atomic E-state index is -0.238. The highest BCUT2D eigenvalue weighted by molar-refractivity contribution is 6.21. The van der Waals surface area contributed by atoms with Crippen molar-refractivity contribution in [3.63, 3.8) is 0 Å². The molecular formula is C21H21NO5. The average molecular weight is 367 g/mol. The number of carbonyl (C=O) groups is 3. The fraction of sp³-hybridized carbons (Fsp3) is 0.286. The van der Waals surface area contributed by atoms with Gasteiger partial charge in [0.1, 0.15) is 0 Å². The molecule has 0 aliphatic carbocycles.